The van der Waals surface area contributed by atoms with Crippen LogP contribution < -0.4 is 5.32 Å². The molecule has 0 saturated carbocycles. The van der Waals surface area contributed by atoms with Crippen LogP contribution in [0.2, 0.25) is 10.0 Å². The fourth-order valence-corrected chi connectivity index (χ4v) is 3.02. The van der Waals surface area contributed by atoms with Crippen LogP contribution in [0.3, 0.4) is 0 Å². The molecule has 0 aromatic heterocycles. The van der Waals surface area contributed by atoms with E-state index in [4.69, 9.17) is 23.2 Å². The zero-order valence-corrected chi connectivity index (χ0v) is 16.3. The quantitative estimate of drug-likeness (QED) is 0.771. The van der Waals surface area contributed by atoms with Crippen LogP contribution in [0.4, 0.5) is 0 Å². The predicted molar refractivity (Wildman–Crippen MR) is 105 cm³/mol. The zero-order chi connectivity index (χ0) is 19.1. The highest BCUT2D eigenvalue weighted by molar-refractivity contribution is 6.31. The van der Waals surface area contributed by atoms with Crippen molar-refractivity contribution in [3.8, 4) is 0 Å². The van der Waals surface area contributed by atoms with E-state index in [2.05, 4.69) is 5.32 Å². The Hall–Kier alpha value is -2.04. The molecule has 0 spiro atoms. The summed E-state index contributed by atoms with van der Waals surface area (Å²) in [6, 6.07) is 14.1. The van der Waals surface area contributed by atoms with Gasteiger partial charge in [-0.1, -0.05) is 53.5 Å². The smallest absolute Gasteiger partial charge is 0.242 e. The van der Waals surface area contributed by atoms with Crippen molar-refractivity contribution in [2.45, 2.75) is 32.4 Å². The molecule has 2 amide bonds. The number of aryl methyl sites for hydroxylation is 1. The first-order valence-electron chi connectivity index (χ1n) is 8.41. The molecule has 138 valence electrons. The Kier molecular flexibility index (Phi) is 7.49. The molecule has 26 heavy (non-hydrogen) atoms. The highest BCUT2D eigenvalue weighted by Crippen LogP contribution is 2.19. The topological polar surface area (TPSA) is 49.4 Å². The fourth-order valence-electron chi connectivity index (χ4n) is 2.66. The Morgan fingerprint density at radius 3 is 2.35 bits per heavy atom. The lowest BCUT2D eigenvalue weighted by molar-refractivity contribution is -0.140. The Morgan fingerprint density at radius 1 is 1.08 bits per heavy atom. The first-order chi connectivity index (χ1) is 12.4. The molecule has 0 aliphatic carbocycles. The second-order valence-corrected chi connectivity index (χ2v) is 6.87. The van der Waals surface area contributed by atoms with Crippen LogP contribution in [0.15, 0.2) is 48.5 Å². The third kappa shape index (κ3) is 5.48. The van der Waals surface area contributed by atoms with E-state index in [0.717, 1.165) is 11.1 Å². The van der Waals surface area contributed by atoms with Crippen LogP contribution in [-0.4, -0.2) is 29.8 Å². The molecule has 0 fully saturated rings. The SMILES string of the molecule is CNC(=O)[C@@H](C)N(Cc1ccc(Cl)cc1)C(=O)CCc1ccccc1Cl. The number of benzene rings is 2. The lowest BCUT2D eigenvalue weighted by atomic mass is 10.1. The van der Waals surface area contributed by atoms with Crippen LogP contribution in [0, 0.1) is 0 Å². The molecule has 1 atom stereocenters. The van der Waals surface area contributed by atoms with Crippen LogP contribution in [-0.2, 0) is 22.6 Å². The maximum absolute atomic E-state index is 12.8. The number of halogens is 2. The van der Waals surface area contributed by atoms with E-state index in [-0.39, 0.29) is 18.2 Å². The van der Waals surface area contributed by atoms with Crippen molar-refractivity contribution in [1.29, 1.82) is 0 Å². The van der Waals surface area contributed by atoms with E-state index in [9.17, 15) is 9.59 Å². The molecule has 0 unspecified atom stereocenters. The minimum atomic E-state index is -0.575. The lowest BCUT2D eigenvalue weighted by Crippen LogP contribution is -2.46. The average Bonchev–Trinajstić information content (AvgIpc) is 2.65. The van der Waals surface area contributed by atoms with Gasteiger partial charge in [-0.15, -0.1) is 0 Å². The Bertz CT molecular complexity index is 763. The molecule has 2 aromatic rings. The molecule has 2 rings (SSSR count). The Morgan fingerprint density at radius 2 is 1.73 bits per heavy atom. The fraction of sp³-hybridized carbons (Fsp3) is 0.300. The molecule has 0 aliphatic rings. The summed E-state index contributed by atoms with van der Waals surface area (Å²) >= 11 is 12.1. The third-order valence-electron chi connectivity index (χ3n) is 4.25. The van der Waals surface area contributed by atoms with Gasteiger partial charge < -0.3 is 10.2 Å². The molecular weight excluding hydrogens is 371 g/mol. The minimum Gasteiger partial charge on any atom is -0.357 e. The molecule has 0 bridgehead atoms. The van der Waals surface area contributed by atoms with Crippen molar-refractivity contribution in [2.24, 2.45) is 0 Å². The maximum Gasteiger partial charge on any atom is 0.242 e. The van der Waals surface area contributed by atoms with Crippen molar-refractivity contribution < 1.29 is 9.59 Å². The number of carbonyl (C=O) groups is 2. The van der Waals surface area contributed by atoms with E-state index in [1.807, 2.05) is 30.3 Å². The van der Waals surface area contributed by atoms with Gasteiger partial charge in [-0.2, -0.15) is 0 Å². The molecule has 0 radical (unpaired) electrons. The molecule has 0 saturated heterocycles. The predicted octanol–water partition coefficient (Wildman–Crippen LogP) is 4.09. The third-order valence-corrected chi connectivity index (χ3v) is 4.87. The number of nitrogens with one attached hydrogen (secondary N) is 1. The molecular formula is C20H22Cl2N2O2. The molecule has 4 nitrogen and oxygen atoms in total. The molecule has 0 heterocycles. The maximum atomic E-state index is 12.8. The van der Waals surface area contributed by atoms with Crippen LogP contribution >= 0.6 is 23.2 Å². The van der Waals surface area contributed by atoms with Gasteiger partial charge in [0, 0.05) is 30.1 Å². The number of hydrogen-bond acceptors (Lipinski definition) is 2. The number of hydrogen-bond donors (Lipinski definition) is 1. The van der Waals surface area contributed by atoms with Gasteiger partial charge in [-0.3, -0.25) is 9.59 Å². The lowest BCUT2D eigenvalue weighted by Gasteiger charge is -2.28. The van der Waals surface area contributed by atoms with Gasteiger partial charge in [0.25, 0.3) is 0 Å². The number of amides is 2. The van der Waals surface area contributed by atoms with Gasteiger partial charge in [-0.25, -0.2) is 0 Å². The normalized spacial score (nSPS) is 11.7. The monoisotopic (exact) mass is 392 g/mol. The molecule has 2 aromatic carbocycles. The zero-order valence-electron chi connectivity index (χ0n) is 14.8. The molecule has 1 N–H and O–H groups in total. The first-order valence-corrected chi connectivity index (χ1v) is 9.17. The Balaban J connectivity index is 2.13. The van der Waals surface area contributed by atoms with Gasteiger partial charge in [-0.05, 0) is 42.7 Å². The van der Waals surface area contributed by atoms with E-state index in [1.54, 1.807) is 37.1 Å². The Labute approximate surface area is 164 Å². The van der Waals surface area contributed by atoms with E-state index in [0.29, 0.717) is 23.0 Å². The number of nitrogens with zero attached hydrogens (tertiary/aromatic N) is 1. The van der Waals surface area contributed by atoms with Crippen molar-refractivity contribution in [2.75, 3.05) is 7.05 Å². The van der Waals surface area contributed by atoms with Crippen molar-refractivity contribution in [3.63, 3.8) is 0 Å². The van der Waals surface area contributed by atoms with Gasteiger partial charge >= 0.3 is 0 Å². The van der Waals surface area contributed by atoms with Gasteiger partial charge in [0.2, 0.25) is 11.8 Å². The highest BCUT2D eigenvalue weighted by atomic mass is 35.5. The average molecular weight is 393 g/mol. The van der Waals surface area contributed by atoms with E-state index < -0.39 is 6.04 Å². The number of likely N-dealkylation sites (N-methyl/N-ethyl adjacent to an activating group) is 1. The summed E-state index contributed by atoms with van der Waals surface area (Å²) in [5.41, 5.74) is 1.83. The van der Waals surface area contributed by atoms with Crippen molar-refractivity contribution >= 4 is 35.0 Å². The van der Waals surface area contributed by atoms with Gasteiger partial charge in [0.15, 0.2) is 0 Å². The summed E-state index contributed by atoms with van der Waals surface area (Å²) in [7, 11) is 1.56. The van der Waals surface area contributed by atoms with Gasteiger partial charge in [0.1, 0.15) is 6.04 Å². The van der Waals surface area contributed by atoms with Crippen LogP contribution in [0.25, 0.3) is 0 Å². The van der Waals surface area contributed by atoms with Crippen molar-refractivity contribution in [1.82, 2.24) is 10.2 Å². The summed E-state index contributed by atoms with van der Waals surface area (Å²) in [6.45, 7) is 2.06. The van der Waals surface area contributed by atoms with Crippen LogP contribution in [0.1, 0.15) is 24.5 Å². The summed E-state index contributed by atoms with van der Waals surface area (Å²) in [6.07, 6.45) is 0.800. The highest BCUT2D eigenvalue weighted by Gasteiger charge is 2.25. The molecule has 6 heteroatoms. The van der Waals surface area contributed by atoms with Crippen LogP contribution in [0.5, 0.6) is 0 Å². The standard InChI is InChI=1S/C20H22Cl2N2O2/c1-14(20(26)23-2)24(13-15-7-10-17(21)11-8-15)19(25)12-9-16-5-3-4-6-18(16)22/h3-8,10-11,14H,9,12-13H2,1-2H3,(H,23,26)/t14-/m1/s1. The largest absolute Gasteiger partial charge is 0.357 e. The van der Waals surface area contributed by atoms with E-state index in [1.165, 1.54) is 0 Å². The second kappa shape index (κ2) is 9.60. The summed E-state index contributed by atoms with van der Waals surface area (Å²) in [5, 5.41) is 3.87. The van der Waals surface area contributed by atoms with E-state index >= 15 is 0 Å². The minimum absolute atomic E-state index is 0.101. The van der Waals surface area contributed by atoms with Crippen molar-refractivity contribution in [3.05, 3.63) is 69.7 Å². The molecule has 0 aliphatic heterocycles. The summed E-state index contributed by atoms with van der Waals surface area (Å²) in [5.74, 6) is -0.305. The first kappa shape index (κ1) is 20.3. The number of carbonyl (C=O) groups excluding carboxylic acids is 2. The summed E-state index contributed by atoms with van der Waals surface area (Å²) in [4.78, 5) is 26.5. The number of rotatable bonds is 7. The second-order valence-electron chi connectivity index (χ2n) is 6.03. The van der Waals surface area contributed by atoms with Gasteiger partial charge in [0.05, 0.1) is 0 Å². The summed E-state index contributed by atoms with van der Waals surface area (Å²) < 4.78 is 0.